The van der Waals surface area contributed by atoms with E-state index in [-0.39, 0.29) is 5.46 Å². The number of H-pyrrole nitrogens is 1. The molecular weight excluding hydrogens is 152 g/mol. The van der Waals surface area contributed by atoms with Crippen LogP contribution >= 0.6 is 0 Å². The van der Waals surface area contributed by atoms with Gasteiger partial charge in [-0.1, -0.05) is 0 Å². The van der Waals surface area contributed by atoms with Gasteiger partial charge in [0, 0.05) is 17.7 Å². The van der Waals surface area contributed by atoms with Gasteiger partial charge in [0.2, 0.25) is 0 Å². The van der Waals surface area contributed by atoms with Gasteiger partial charge in [0.1, 0.15) is 0 Å². The Kier molecular flexibility index (Phi) is 2.07. The van der Waals surface area contributed by atoms with Gasteiger partial charge in [0.05, 0.1) is 0 Å². The minimum absolute atomic E-state index is 0.272. The van der Waals surface area contributed by atoms with E-state index in [0.717, 1.165) is 6.20 Å². The summed E-state index contributed by atoms with van der Waals surface area (Å²) in [6.45, 7) is 0. The zero-order chi connectivity index (χ0) is 8.43. The number of pyridine rings is 1. The van der Waals surface area contributed by atoms with Crippen LogP contribution in [-0.2, 0) is 0 Å². The molecule has 4 nitrogen and oxygen atoms in total. The molecule has 0 aliphatic carbocycles. The maximum atomic E-state index is 12.2. The van der Waals surface area contributed by atoms with Gasteiger partial charge in [-0.3, -0.25) is 4.79 Å². The van der Waals surface area contributed by atoms with Crippen LogP contribution in [0.1, 0.15) is 0 Å². The summed E-state index contributed by atoms with van der Waals surface area (Å²) in [5.41, 5.74) is -1.01. The van der Waals surface area contributed by atoms with Crippen LogP contribution in [0.3, 0.4) is 0 Å². The van der Waals surface area contributed by atoms with Crippen molar-refractivity contribution in [3.63, 3.8) is 0 Å². The van der Waals surface area contributed by atoms with Gasteiger partial charge >= 0.3 is 7.12 Å². The first-order valence-electron chi connectivity index (χ1n) is 2.85. The van der Waals surface area contributed by atoms with Crippen molar-refractivity contribution in [2.45, 2.75) is 0 Å². The maximum absolute atomic E-state index is 12.2. The highest BCUT2D eigenvalue weighted by atomic mass is 19.1. The van der Waals surface area contributed by atoms with Crippen molar-refractivity contribution in [2.24, 2.45) is 0 Å². The predicted molar refractivity (Wildman–Crippen MR) is 36.8 cm³/mol. The molecule has 0 fully saturated rings. The number of rotatable bonds is 1. The van der Waals surface area contributed by atoms with Gasteiger partial charge in [-0.2, -0.15) is 4.39 Å². The summed E-state index contributed by atoms with van der Waals surface area (Å²) >= 11 is 0. The number of nitrogens with one attached hydrogen (secondary N) is 1. The van der Waals surface area contributed by atoms with E-state index in [4.69, 9.17) is 10.0 Å². The van der Waals surface area contributed by atoms with Gasteiger partial charge in [0.25, 0.3) is 0 Å². The topological polar surface area (TPSA) is 73.3 Å². The van der Waals surface area contributed by atoms with E-state index in [1.807, 2.05) is 4.98 Å². The number of halogens is 1. The zero-order valence-corrected chi connectivity index (χ0v) is 5.41. The summed E-state index contributed by atoms with van der Waals surface area (Å²) in [7, 11) is -1.86. The van der Waals surface area contributed by atoms with Gasteiger partial charge in [-0.15, -0.1) is 0 Å². The van der Waals surface area contributed by atoms with Crippen LogP contribution in [-0.4, -0.2) is 22.2 Å². The standard InChI is InChI=1S/C5H5BFNO3/c7-5-1-4(9)3(2-8-5)6(10)11/h1-2,10-11H,(H,8,9). The second-order valence-electron chi connectivity index (χ2n) is 1.97. The van der Waals surface area contributed by atoms with Crippen LogP contribution in [0.25, 0.3) is 0 Å². The monoisotopic (exact) mass is 157 g/mol. The third kappa shape index (κ3) is 1.66. The number of aromatic nitrogens is 1. The Labute approximate surface area is 61.5 Å². The lowest BCUT2D eigenvalue weighted by Gasteiger charge is -1.95. The van der Waals surface area contributed by atoms with Gasteiger partial charge in [-0.25, -0.2) is 0 Å². The molecule has 6 heteroatoms. The summed E-state index contributed by atoms with van der Waals surface area (Å²) in [4.78, 5) is 12.7. The SMILES string of the molecule is O=c1cc(F)[nH]cc1B(O)O. The Bertz CT molecular complexity index is 311. The molecule has 0 unspecified atom stereocenters. The summed E-state index contributed by atoms with van der Waals surface area (Å²) in [5, 5.41) is 17.0. The molecule has 1 aromatic rings. The number of aromatic amines is 1. The molecule has 1 rings (SSSR count). The molecule has 0 aliphatic heterocycles. The van der Waals surface area contributed by atoms with Crippen LogP contribution in [0, 0.1) is 5.95 Å². The Balaban J connectivity index is 3.21. The first-order chi connectivity index (χ1) is 5.11. The lowest BCUT2D eigenvalue weighted by Crippen LogP contribution is -2.41. The minimum atomic E-state index is -1.86. The molecule has 0 saturated carbocycles. The molecule has 1 aromatic heterocycles. The average molecular weight is 157 g/mol. The van der Waals surface area contributed by atoms with E-state index >= 15 is 0 Å². The Morgan fingerprint density at radius 3 is 2.64 bits per heavy atom. The Morgan fingerprint density at radius 2 is 2.18 bits per heavy atom. The van der Waals surface area contributed by atoms with Crippen molar-refractivity contribution in [1.29, 1.82) is 0 Å². The van der Waals surface area contributed by atoms with Crippen LogP contribution in [0.4, 0.5) is 4.39 Å². The molecular formula is C5H5BFNO3. The quantitative estimate of drug-likeness (QED) is 0.332. The molecule has 0 atom stereocenters. The van der Waals surface area contributed by atoms with Crippen LogP contribution < -0.4 is 10.9 Å². The Morgan fingerprint density at radius 1 is 1.55 bits per heavy atom. The molecule has 3 N–H and O–H groups in total. The van der Waals surface area contributed by atoms with Crippen LogP contribution in [0.15, 0.2) is 17.1 Å². The lowest BCUT2D eigenvalue weighted by molar-refractivity contribution is 0.425. The zero-order valence-electron chi connectivity index (χ0n) is 5.41. The van der Waals surface area contributed by atoms with Crippen molar-refractivity contribution in [1.82, 2.24) is 4.98 Å². The smallest absolute Gasteiger partial charge is 0.423 e. The van der Waals surface area contributed by atoms with E-state index in [1.54, 1.807) is 0 Å². The lowest BCUT2D eigenvalue weighted by atomic mass is 9.81. The third-order valence-corrected chi connectivity index (χ3v) is 1.19. The molecule has 1 heterocycles. The number of hydrogen-bond donors (Lipinski definition) is 3. The Hall–Kier alpha value is -1.14. The van der Waals surface area contributed by atoms with Crippen molar-refractivity contribution >= 4 is 12.6 Å². The van der Waals surface area contributed by atoms with E-state index in [1.165, 1.54) is 0 Å². The van der Waals surface area contributed by atoms with Crippen molar-refractivity contribution in [3.8, 4) is 0 Å². The van der Waals surface area contributed by atoms with Crippen molar-refractivity contribution < 1.29 is 14.4 Å². The first kappa shape index (κ1) is 7.97. The second kappa shape index (κ2) is 2.85. The van der Waals surface area contributed by atoms with Crippen molar-refractivity contribution in [3.05, 3.63) is 28.4 Å². The predicted octanol–water partition coefficient (Wildman–Crippen LogP) is -1.81. The molecule has 0 amide bonds. The molecule has 58 valence electrons. The van der Waals surface area contributed by atoms with Gasteiger partial charge in [0.15, 0.2) is 11.4 Å². The molecule has 0 aliphatic rings. The van der Waals surface area contributed by atoms with Crippen LogP contribution in [0.2, 0.25) is 0 Å². The highest BCUT2D eigenvalue weighted by Crippen LogP contribution is 1.81. The largest absolute Gasteiger partial charge is 0.493 e. The summed E-state index contributed by atoms with van der Waals surface area (Å²) in [5.74, 6) is -0.806. The summed E-state index contributed by atoms with van der Waals surface area (Å²) in [6, 6.07) is 0.648. The maximum Gasteiger partial charge on any atom is 0.493 e. The third-order valence-electron chi connectivity index (χ3n) is 1.19. The second-order valence-corrected chi connectivity index (χ2v) is 1.97. The fourth-order valence-electron chi connectivity index (χ4n) is 0.660. The van der Waals surface area contributed by atoms with E-state index in [9.17, 15) is 9.18 Å². The highest BCUT2D eigenvalue weighted by molar-refractivity contribution is 6.58. The van der Waals surface area contributed by atoms with E-state index < -0.39 is 18.5 Å². The van der Waals surface area contributed by atoms with Crippen molar-refractivity contribution in [2.75, 3.05) is 0 Å². The summed E-state index contributed by atoms with van der Waals surface area (Å²) in [6.07, 6.45) is 0.919. The summed E-state index contributed by atoms with van der Waals surface area (Å²) < 4.78 is 12.2. The first-order valence-corrected chi connectivity index (χ1v) is 2.85. The molecule has 0 radical (unpaired) electrons. The van der Waals surface area contributed by atoms with Gasteiger partial charge in [-0.05, 0) is 0 Å². The molecule has 11 heavy (non-hydrogen) atoms. The normalized spacial score (nSPS) is 9.73. The fourth-order valence-corrected chi connectivity index (χ4v) is 0.660. The minimum Gasteiger partial charge on any atom is -0.423 e. The number of hydrogen-bond acceptors (Lipinski definition) is 3. The van der Waals surface area contributed by atoms with Crippen LogP contribution in [0.5, 0.6) is 0 Å². The molecule has 0 bridgehead atoms. The van der Waals surface area contributed by atoms with E-state index in [0.29, 0.717) is 6.07 Å². The highest BCUT2D eigenvalue weighted by Gasteiger charge is 2.14. The molecule has 0 saturated heterocycles. The molecule has 0 spiro atoms. The average Bonchev–Trinajstić information content (AvgIpc) is 1.85. The fraction of sp³-hybridized carbons (Fsp3) is 0. The van der Waals surface area contributed by atoms with Gasteiger partial charge < -0.3 is 15.0 Å². The molecule has 0 aromatic carbocycles. The van der Waals surface area contributed by atoms with E-state index in [2.05, 4.69) is 0 Å².